The van der Waals surface area contributed by atoms with Crippen molar-refractivity contribution >= 4 is 29.9 Å². The molecule has 2 unspecified atom stereocenters. The molecule has 0 bridgehead atoms. The fraction of sp³-hybridized carbons (Fsp3) is 0.778. The van der Waals surface area contributed by atoms with Gasteiger partial charge in [-0.2, -0.15) is 5.10 Å². The van der Waals surface area contributed by atoms with Crippen molar-refractivity contribution in [1.29, 1.82) is 0 Å². The van der Waals surface area contributed by atoms with E-state index in [2.05, 4.69) is 34.2 Å². The van der Waals surface area contributed by atoms with E-state index in [9.17, 15) is 0 Å². The van der Waals surface area contributed by atoms with E-state index < -0.39 is 0 Å². The van der Waals surface area contributed by atoms with Crippen LogP contribution in [-0.2, 0) is 13.5 Å². The summed E-state index contributed by atoms with van der Waals surface area (Å²) in [5.74, 6) is 2.87. The van der Waals surface area contributed by atoms with Gasteiger partial charge in [0.2, 0.25) is 0 Å². The van der Waals surface area contributed by atoms with Crippen LogP contribution in [0.4, 0.5) is 0 Å². The fourth-order valence-electron chi connectivity index (χ4n) is 4.39. The number of halogens is 1. The van der Waals surface area contributed by atoms with Crippen LogP contribution in [-0.4, -0.2) is 47.3 Å². The maximum absolute atomic E-state index is 4.52. The molecule has 0 aromatic carbocycles. The molecule has 1 aromatic heterocycles. The second-order valence-electron chi connectivity index (χ2n) is 7.21. The zero-order chi connectivity index (χ0) is 16.4. The molecule has 0 amide bonds. The number of hydrogen-bond acceptors (Lipinski definition) is 2. The Morgan fingerprint density at radius 1 is 1.21 bits per heavy atom. The Balaban J connectivity index is 0.00000208. The molecule has 1 aliphatic heterocycles. The van der Waals surface area contributed by atoms with Crippen LogP contribution in [0.1, 0.15) is 42.6 Å². The Bertz CT molecular complexity index is 566. The van der Waals surface area contributed by atoms with Gasteiger partial charge in [0.15, 0.2) is 5.96 Å². The molecule has 1 aliphatic carbocycles. The number of nitrogens with one attached hydrogen (secondary N) is 1. The van der Waals surface area contributed by atoms with Gasteiger partial charge in [-0.25, -0.2) is 0 Å². The molecule has 2 fully saturated rings. The van der Waals surface area contributed by atoms with Crippen molar-refractivity contribution in [1.82, 2.24) is 20.0 Å². The third-order valence-electron chi connectivity index (χ3n) is 5.80. The molecule has 24 heavy (non-hydrogen) atoms. The van der Waals surface area contributed by atoms with Gasteiger partial charge in [0.05, 0.1) is 5.69 Å². The van der Waals surface area contributed by atoms with Crippen molar-refractivity contribution < 1.29 is 0 Å². The lowest BCUT2D eigenvalue weighted by Gasteiger charge is -2.22. The second-order valence-corrected chi connectivity index (χ2v) is 7.21. The van der Waals surface area contributed by atoms with E-state index in [1.807, 2.05) is 18.8 Å². The Morgan fingerprint density at radius 3 is 2.33 bits per heavy atom. The number of hydrogen-bond donors (Lipinski definition) is 1. The van der Waals surface area contributed by atoms with Gasteiger partial charge in [-0.15, -0.1) is 24.0 Å². The van der Waals surface area contributed by atoms with Crippen LogP contribution in [0, 0.1) is 25.7 Å². The minimum absolute atomic E-state index is 0. The molecule has 2 atom stereocenters. The van der Waals surface area contributed by atoms with E-state index in [0.717, 1.165) is 36.5 Å². The van der Waals surface area contributed by atoms with Gasteiger partial charge in [0.1, 0.15) is 0 Å². The number of aromatic nitrogens is 2. The third kappa shape index (κ3) is 4.06. The summed E-state index contributed by atoms with van der Waals surface area (Å²) in [6.07, 6.45) is 6.66. The molecule has 0 radical (unpaired) electrons. The summed E-state index contributed by atoms with van der Waals surface area (Å²) in [6, 6.07) is 0. The molecule has 3 rings (SSSR count). The predicted octanol–water partition coefficient (Wildman–Crippen LogP) is 2.89. The minimum atomic E-state index is 0. The maximum atomic E-state index is 4.52. The quantitative estimate of drug-likeness (QED) is 0.442. The molecule has 5 nitrogen and oxygen atoms in total. The highest BCUT2D eigenvalue weighted by Gasteiger charge is 2.35. The van der Waals surface area contributed by atoms with Crippen molar-refractivity contribution in [3.05, 3.63) is 17.0 Å². The van der Waals surface area contributed by atoms with E-state index >= 15 is 0 Å². The van der Waals surface area contributed by atoms with Crippen molar-refractivity contribution in [3.8, 4) is 0 Å². The highest BCUT2D eigenvalue weighted by atomic mass is 127. The highest BCUT2D eigenvalue weighted by Crippen LogP contribution is 2.35. The summed E-state index contributed by atoms with van der Waals surface area (Å²) < 4.78 is 1.98. The first kappa shape index (κ1) is 19.5. The summed E-state index contributed by atoms with van der Waals surface area (Å²) in [5, 5.41) is 8.08. The van der Waals surface area contributed by atoms with E-state index in [-0.39, 0.29) is 24.0 Å². The van der Waals surface area contributed by atoms with Crippen molar-refractivity contribution in [2.24, 2.45) is 23.9 Å². The van der Waals surface area contributed by atoms with Crippen LogP contribution >= 0.6 is 24.0 Å². The average Bonchev–Trinajstić information content (AvgIpc) is 3.07. The summed E-state index contributed by atoms with van der Waals surface area (Å²) in [5.41, 5.74) is 3.78. The van der Waals surface area contributed by atoms with Crippen LogP contribution in [0.25, 0.3) is 0 Å². The van der Waals surface area contributed by atoms with Crippen LogP contribution in [0.5, 0.6) is 0 Å². The first-order valence-corrected chi connectivity index (χ1v) is 9.04. The maximum Gasteiger partial charge on any atom is 0.193 e. The number of likely N-dealkylation sites (tertiary alicyclic amines) is 1. The number of aliphatic imine (C=N–C) groups is 1. The molecule has 0 spiro atoms. The summed E-state index contributed by atoms with van der Waals surface area (Å²) >= 11 is 0. The van der Waals surface area contributed by atoms with Gasteiger partial charge in [-0.1, -0.05) is 12.8 Å². The zero-order valence-corrected chi connectivity index (χ0v) is 17.8. The van der Waals surface area contributed by atoms with E-state index in [1.165, 1.54) is 50.0 Å². The van der Waals surface area contributed by atoms with Gasteiger partial charge in [-0.05, 0) is 50.5 Å². The van der Waals surface area contributed by atoms with Gasteiger partial charge >= 0.3 is 0 Å². The van der Waals surface area contributed by atoms with Crippen molar-refractivity contribution in [2.45, 2.75) is 46.0 Å². The van der Waals surface area contributed by atoms with Crippen LogP contribution in [0.2, 0.25) is 0 Å². The lowest BCUT2D eigenvalue weighted by Crippen LogP contribution is -2.41. The average molecular weight is 445 g/mol. The molecular formula is C18H32IN5. The zero-order valence-electron chi connectivity index (χ0n) is 15.5. The van der Waals surface area contributed by atoms with Gasteiger partial charge in [0.25, 0.3) is 0 Å². The van der Waals surface area contributed by atoms with Gasteiger partial charge < -0.3 is 10.2 Å². The Labute approximate surface area is 163 Å². The van der Waals surface area contributed by atoms with E-state index in [4.69, 9.17) is 0 Å². The van der Waals surface area contributed by atoms with E-state index in [0.29, 0.717) is 0 Å². The minimum Gasteiger partial charge on any atom is -0.356 e. The Morgan fingerprint density at radius 2 is 1.83 bits per heavy atom. The first-order valence-electron chi connectivity index (χ1n) is 9.04. The molecule has 1 saturated heterocycles. The monoisotopic (exact) mass is 445 g/mol. The number of fused-ring (bicyclic) bond motifs is 1. The van der Waals surface area contributed by atoms with Crippen LogP contribution < -0.4 is 5.32 Å². The largest absolute Gasteiger partial charge is 0.356 e. The topological polar surface area (TPSA) is 45.5 Å². The number of rotatable bonds is 3. The number of aryl methyl sites for hydroxylation is 2. The van der Waals surface area contributed by atoms with E-state index in [1.54, 1.807) is 0 Å². The third-order valence-corrected chi connectivity index (χ3v) is 5.80. The lowest BCUT2D eigenvalue weighted by molar-refractivity contribution is 0.299. The Kier molecular flexibility index (Phi) is 6.95. The summed E-state index contributed by atoms with van der Waals surface area (Å²) in [4.78, 5) is 7.00. The normalized spacial score (nSPS) is 23.8. The molecule has 1 N–H and O–H groups in total. The van der Waals surface area contributed by atoms with Crippen molar-refractivity contribution in [2.75, 3.05) is 26.7 Å². The molecular weight excluding hydrogens is 413 g/mol. The van der Waals surface area contributed by atoms with Crippen LogP contribution in [0.3, 0.4) is 0 Å². The number of nitrogens with zero attached hydrogens (tertiary/aromatic N) is 4. The molecule has 2 aliphatic rings. The first-order chi connectivity index (χ1) is 11.1. The molecule has 6 heteroatoms. The molecule has 1 saturated carbocycles. The Hall–Kier alpha value is -0.790. The molecule has 2 heterocycles. The SMILES string of the molecule is CN=C(NCCc1c(C)nn(C)c1C)N1CC2CCCCC2C1.I. The standard InChI is InChI=1S/C18H31N5.HI/c1-13-17(14(2)22(4)21-13)9-10-20-18(19-3)23-11-15-7-5-6-8-16(15)12-23;/h15-16H,5-12H2,1-4H3,(H,19,20);1H. The smallest absolute Gasteiger partial charge is 0.193 e. The van der Waals surface area contributed by atoms with Gasteiger partial charge in [0, 0.05) is 39.4 Å². The fourth-order valence-corrected chi connectivity index (χ4v) is 4.39. The van der Waals surface area contributed by atoms with Crippen molar-refractivity contribution in [3.63, 3.8) is 0 Å². The predicted molar refractivity (Wildman–Crippen MR) is 110 cm³/mol. The lowest BCUT2D eigenvalue weighted by atomic mass is 9.82. The summed E-state index contributed by atoms with van der Waals surface area (Å²) in [6.45, 7) is 7.55. The second kappa shape index (κ2) is 8.54. The number of guanidine groups is 1. The molecule has 1 aromatic rings. The van der Waals surface area contributed by atoms with Crippen LogP contribution in [0.15, 0.2) is 4.99 Å². The summed E-state index contributed by atoms with van der Waals surface area (Å²) in [7, 11) is 3.93. The highest BCUT2D eigenvalue weighted by molar-refractivity contribution is 14.0. The molecule has 136 valence electrons. The van der Waals surface area contributed by atoms with Gasteiger partial charge in [-0.3, -0.25) is 9.67 Å².